The molecule has 0 atom stereocenters. The van der Waals surface area contributed by atoms with Gasteiger partial charge in [0.05, 0.1) is 13.2 Å². The van der Waals surface area contributed by atoms with Crippen molar-refractivity contribution in [3.8, 4) is 0 Å². The molecule has 3 rings (SSSR count). The van der Waals surface area contributed by atoms with Gasteiger partial charge in [0.15, 0.2) is 0 Å². The van der Waals surface area contributed by atoms with Gasteiger partial charge in [-0.1, -0.05) is 28.1 Å². The summed E-state index contributed by atoms with van der Waals surface area (Å²) in [6.45, 7) is 4.10. The summed E-state index contributed by atoms with van der Waals surface area (Å²) in [6.07, 6.45) is 2.55. The maximum absolute atomic E-state index is 5.55. The van der Waals surface area contributed by atoms with Crippen LogP contribution >= 0.6 is 15.9 Å². The van der Waals surface area contributed by atoms with Gasteiger partial charge in [-0.25, -0.2) is 0 Å². The lowest BCUT2D eigenvalue weighted by atomic mass is 9.65. The zero-order valence-corrected chi connectivity index (χ0v) is 11.5. The Morgan fingerprint density at radius 2 is 2.00 bits per heavy atom. The fraction of sp³-hybridized carbons (Fsp3) is 0.571. The van der Waals surface area contributed by atoms with E-state index in [1.807, 2.05) is 0 Å². The van der Waals surface area contributed by atoms with Crippen LogP contribution in [0.1, 0.15) is 18.4 Å². The summed E-state index contributed by atoms with van der Waals surface area (Å²) in [7, 11) is 0. The monoisotopic (exact) mass is 295 g/mol. The SMILES string of the molecule is Brc1cccc(C2(C3CCNCC3)COC2)c1. The third-order valence-electron chi connectivity index (χ3n) is 4.24. The highest BCUT2D eigenvalue weighted by atomic mass is 79.9. The van der Waals surface area contributed by atoms with Gasteiger partial charge < -0.3 is 10.1 Å². The van der Waals surface area contributed by atoms with Crippen LogP contribution in [0.4, 0.5) is 0 Å². The van der Waals surface area contributed by atoms with Crippen LogP contribution in [0.3, 0.4) is 0 Å². The van der Waals surface area contributed by atoms with E-state index in [2.05, 4.69) is 45.5 Å². The van der Waals surface area contributed by atoms with Crippen molar-refractivity contribution in [1.82, 2.24) is 5.32 Å². The van der Waals surface area contributed by atoms with Crippen LogP contribution in [0.15, 0.2) is 28.7 Å². The van der Waals surface area contributed by atoms with E-state index in [1.165, 1.54) is 22.9 Å². The Morgan fingerprint density at radius 3 is 2.59 bits per heavy atom. The van der Waals surface area contributed by atoms with E-state index in [0.717, 1.165) is 32.2 Å². The molecule has 1 aromatic rings. The van der Waals surface area contributed by atoms with Gasteiger partial charge >= 0.3 is 0 Å². The summed E-state index contributed by atoms with van der Waals surface area (Å²) < 4.78 is 6.73. The van der Waals surface area contributed by atoms with Gasteiger partial charge in [0, 0.05) is 9.89 Å². The quantitative estimate of drug-likeness (QED) is 0.906. The number of nitrogens with one attached hydrogen (secondary N) is 1. The number of ether oxygens (including phenoxy) is 1. The number of benzene rings is 1. The molecule has 1 N–H and O–H groups in total. The van der Waals surface area contributed by atoms with Crippen LogP contribution in [-0.4, -0.2) is 26.3 Å². The normalized spacial score (nSPS) is 24.3. The molecule has 2 fully saturated rings. The maximum atomic E-state index is 5.55. The Kier molecular flexibility index (Phi) is 3.24. The van der Waals surface area contributed by atoms with Gasteiger partial charge in [-0.15, -0.1) is 0 Å². The van der Waals surface area contributed by atoms with Crippen LogP contribution in [-0.2, 0) is 10.2 Å². The zero-order valence-electron chi connectivity index (χ0n) is 9.92. The summed E-state index contributed by atoms with van der Waals surface area (Å²) in [5.41, 5.74) is 1.73. The zero-order chi connectivity index (χ0) is 11.7. The lowest BCUT2D eigenvalue weighted by Crippen LogP contribution is -2.54. The Labute approximate surface area is 111 Å². The largest absolute Gasteiger partial charge is 0.379 e. The van der Waals surface area contributed by atoms with Crippen molar-refractivity contribution in [3.63, 3.8) is 0 Å². The fourth-order valence-corrected chi connectivity index (χ4v) is 3.53. The first-order valence-corrected chi connectivity index (χ1v) is 7.15. The predicted molar refractivity (Wildman–Crippen MR) is 72.2 cm³/mol. The molecule has 0 radical (unpaired) electrons. The third kappa shape index (κ3) is 2.05. The molecular formula is C14H18BrNO. The average Bonchev–Trinajstić information content (AvgIpc) is 2.29. The molecule has 0 aliphatic carbocycles. The van der Waals surface area contributed by atoms with Crippen LogP contribution in [0.5, 0.6) is 0 Å². The predicted octanol–water partition coefficient (Wildman–Crippen LogP) is 2.72. The molecule has 2 aliphatic rings. The molecule has 0 amide bonds. The first kappa shape index (κ1) is 11.7. The standard InChI is InChI=1S/C14H18BrNO/c15-13-3-1-2-12(8-13)14(9-17-10-14)11-4-6-16-7-5-11/h1-3,8,11,16H,4-7,9-10H2. The molecule has 0 aromatic heterocycles. The molecule has 0 bridgehead atoms. The van der Waals surface area contributed by atoms with Gasteiger partial charge in [0.2, 0.25) is 0 Å². The number of piperidine rings is 1. The van der Waals surface area contributed by atoms with Gasteiger partial charge in [0.25, 0.3) is 0 Å². The molecule has 1 aromatic carbocycles. The molecule has 17 heavy (non-hydrogen) atoms. The van der Waals surface area contributed by atoms with Crippen molar-refractivity contribution in [2.45, 2.75) is 18.3 Å². The van der Waals surface area contributed by atoms with Crippen LogP contribution in [0, 0.1) is 5.92 Å². The van der Waals surface area contributed by atoms with Crippen molar-refractivity contribution >= 4 is 15.9 Å². The van der Waals surface area contributed by atoms with E-state index < -0.39 is 0 Å². The van der Waals surface area contributed by atoms with E-state index in [4.69, 9.17) is 4.74 Å². The molecule has 0 spiro atoms. The molecule has 2 aliphatic heterocycles. The van der Waals surface area contributed by atoms with Crippen molar-refractivity contribution in [3.05, 3.63) is 34.3 Å². The molecule has 3 heteroatoms. The first-order valence-electron chi connectivity index (χ1n) is 6.36. The lowest BCUT2D eigenvalue weighted by molar-refractivity contribution is -0.0964. The number of hydrogen-bond acceptors (Lipinski definition) is 2. The maximum Gasteiger partial charge on any atom is 0.0588 e. The number of rotatable bonds is 2. The van der Waals surface area contributed by atoms with Gasteiger partial charge in [-0.05, 0) is 49.5 Å². The summed E-state index contributed by atoms with van der Waals surface area (Å²) in [6, 6.07) is 8.76. The first-order chi connectivity index (χ1) is 8.31. The van der Waals surface area contributed by atoms with Crippen LogP contribution in [0.25, 0.3) is 0 Å². The summed E-state index contributed by atoms with van der Waals surface area (Å²) in [4.78, 5) is 0. The minimum Gasteiger partial charge on any atom is -0.379 e. The average molecular weight is 296 g/mol. The molecule has 0 unspecified atom stereocenters. The van der Waals surface area contributed by atoms with Crippen molar-refractivity contribution < 1.29 is 4.74 Å². The van der Waals surface area contributed by atoms with E-state index in [9.17, 15) is 0 Å². The van der Waals surface area contributed by atoms with E-state index in [-0.39, 0.29) is 5.41 Å². The third-order valence-corrected chi connectivity index (χ3v) is 4.73. The van der Waals surface area contributed by atoms with E-state index >= 15 is 0 Å². The van der Waals surface area contributed by atoms with Crippen molar-refractivity contribution in [2.75, 3.05) is 26.3 Å². The Bertz CT molecular complexity index is 397. The summed E-state index contributed by atoms with van der Waals surface area (Å²) >= 11 is 3.58. The Hall–Kier alpha value is -0.380. The molecule has 2 nitrogen and oxygen atoms in total. The minimum absolute atomic E-state index is 0.284. The van der Waals surface area contributed by atoms with Crippen molar-refractivity contribution in [2.24, 2.45) is 5.92 Å². The van der Waals surface area contributed by atoms with Gasteiger partial charge in [-0.2, -0.15) is 0 Å². The second-order valence-corrected chi connectivity index (χ2v) is 6.10. The van der Waals surface area contributed by atoms with Crippen LogP contribution in [0.2, 0.25) is 0 Å². The Morgan fingerprint density at radius 1 is 1.24 bits per heavy atom. The van der Waals surface area contributed by atoms with Crippen molar-refractivity contribution in [1.29, 1.82) is 0 Å². The van der Waals surface area contributed by atoms with Gasteiger partial charge in [-0.3, -0.25) is 0 Å². The second-order valence-electron chi connectivity index (χ2n) is 5.18. The highest BCUT2D eigenvalue weighted by molar-refractivity contribution is 9.10. The fourth-order valence-electron chi connectivity index (χ4n) is 3.13. The summed E-state index contributed by atoms with van der Waals surface area (Å²) in [5, 5.41) is 3.45. The molecule has 0 saturated carbocycles. The van der Waals surface area contributed by atoms with Gasteiger partial charge in [0.1, 0.15) is 0 Å². The molecule has 2 saturated heterocycles. The topological polar surface area (TPSA) is 21.3 Å². The lowest BCUT2D eigenvalue weighted by Gasteiger charge is -2.49. The number of hydrogen-bond donors (Lipinski definition) is 1. The van der Waals surface area contributed by atoms with E-state index in [1.54, 1.807) is 0 Å². The molecule has 92 valence electrons. The highest BCUT2D eigenvalue weighted by Gasteiger charge is 2.46. The Balaban J connectivity index is 1.90. The minimum atomic E-state index is 0.284. The number of halogens is 1. The smallest absolute Gasteiger partial charge is 0.0588 e. The summed E-state index contributed by atoms with van der Waals surface area (Å²) in [5.74, 6) is 0.770. The molecule has 2 heterocycles. The van der Waals surface area contributed by atoms with Crippen LogP contribution < -0.4 is 5.32 Å². The highest BCUT2D eigenvalue weighted by Crippen LogP contribution is 2.43. The second kappa shape index (κ2) is 4.71. The molecular weight excluding hydrogens is 278 g/mol. The van der Waals surface area contributed by atoms with E-state index in [0.29, 0.717) is 0 Å².